The number of aromatic hydroxyl groups is 1. The number of hydrogen-bond donors (Lipinski definition) is 3. The molecule has 0 saturated heterocycles. The second-order valence-corrected chi connectivity index (χ2v) is 8.96. The van der Waals surface area contributed by atoms with Crippen LogP contribution < -0.4 is 31.2 Å². The molecule has 0 spiro atoms. The molecule has 4 N–H and O–H groups in total. The molecule has 42 heavy (non-hydrogen) atoms. The second-order valence-electron chi connectivity index (χ2n) is 8.96. The van der Waals surface area contributed by atoms with Gasteiger partial charge in [-0.3, -0.25) is 19.8 Å². The Morgan fingerprint density at radius 1 is 1.05 bits per heavy atom. The Kier molecular flexibility index (Phi) is 8.25. The minimum absolute atomic E-state index is 0.0815. The van der Waals surface area contributed by atoms with Crippen molar-refractivity contribution in [1.82, 2.24) is 14.5 Å². The van der Waals surface area contributed by atoms with Gasteiger partial charge in [0, 0.05) is 29.9 Å². The van der Waals surface area contributed by atoms with Crippen LogP contribution in [0.1, 0.15) is 12.0 Å². The highest BCUT2D eigenvalue weighted by molar-refractivity contribution is 5.88. The van der Waals surface area contributed by atoms with Crippen LogP contribution in [0.25, 0.3) is 16.6 Å². The quantitative estimate of drug-likeness (QED) is 0.167. The van der Waals surface area contributed by atoms with Crippen LogP contribution in [-0.4, -0.2) is 46.1 Å². The van der Waals surface area contributed by atoms with Gasteiger partial charge in [-0.25, -0.2) is 13.8 Å². The number of H-pyrrole nitrogens is 1. The smallest absolute Gasteiger partial charge is 0.335 e. The zero-order chi connectivity index (χ0) is 29.6. The zero-order valence-corrected chi connectivity index (χ0v) is 22.4. The number of hydrogen-bond acceptors (Lipinski definition) is 9. The molecule has 0 amide bonds. The molecule has 5 rings (SSSR count). The van der Waals surface area contributed by atoms with Gasteiger partial charge < -0.3 is 25.1 Å². The first-order chi connectivity index (χ1) is 20.4. The lowest BCUT2D eigenvalue weighted by molar-refractivity contribution is 0.292. The number of ether oxygens (including phenoxy) is 3. The molecule has 3 aromatic carbocycles. The highest BCUT2D eigenvalue weighted by Crippen LogP contribution is 2.38. The summed E-state index contributed by atoms with van der Waals surface area (Å²) in [7, 11) is 1.51. The monoisotopic (exact) mass is 571 g/mol. The van der Waals surface area contributed by atoms with E-state index in [9.17, 15) is 14.7 Å². The first-order valence-electron chi connectivity index (χ1n) is 12.8. The van der Waals surface area contributed by atoms with E-state index in [2.05, 4.69) is 15.0 Å². The fraction of sp³-hybridized carbons (Fsp3) is 0.133. The number of nitrogens with zero attached hydrogens (tertiary/aromatic N) is 3. The van der Waals surface area contributed by atoms with E-state index in [4.69, 9.17) is 19.9 Å². The van der Waals surface area contributed by atoms with Crippen molar-refractivity contribution in [2.75, 3.05) is 20.3 Å². The molecule has 12 heteroatoms. The number of halogens is 1. The van der Waals surface area contributed by atoms with E-state index in [-0.39, 0.29) is 17.0 Å². The third kappa shape index (κ3) is 5.83. The topological polar surface area (TPSA) is 154 Å². The van der Waals surface area contributed by atoms with Crippen molar-refractivity contribution in [1.29, 1.82) is 0 Å². The summed E-state index contributed by atoms with van der Waals surface area (Å²) in [5.41, 5.74) is 4.64. The lowest BCUT2D eigenvalue weighted by atomic mass is 10.1. The number of pyridine rings is 1. The summed E-state index contributed by atoms with van der Waals surface area (Å²) in [5, 5.41) is 11.2. The van der Waals surface area contributed by atoms with Crippen LogP contribution in [0.3, 0.4) is 0 Å². The van der Waals surface area contributed by atoms with Crippen LogP contribution in [0.15, 0.2) is 87.5 Å². The maximum atomic E-state index is 15.1. The molecule has 11 nitrogen and oxygen atoms in total. The first kappa shape index (κ1) is 28.1. The molecule has 0 aliphatic carbocycles. The third-order valence-electron chi connectivity index (χ3n) is 6.21. The van der Waals surface area contributed by atoms with E-state index in [1.807, 2.05) is 0 Å². The number of nitrogens with two attached hydrogens (primary N) is 1. The summed E-state index contributed by atoms with van der Waals surface area (Å²) in [6, 6.07) is 17.2. The Morgan fingerprint density at radius 2 is 1.86 bits per heavy atom. The van der Waals surface area contributed by atoms with E-state index >= 15 is 4.39 Å². The molecule has 0 aliphatic rings. The van der Waals surface area contributed by atoms with Crippen molar-refractivity contribution in [3.63, 3.8) is 0 Å². The summed E-state index contributed by atoms with van der Waals surface area (Å²) in [6.45, 7) is 0.908. The van der Waals surface area contributed by atoms with Crippen molar-refractivity contribution in [2.45, 2.75) is 6.42 Å². The molecule has 0 radical (unpaired) electrons. The maximum absolute atomic E-state index is 15.1. The number of aliphatic imine (C=N–C) groups is 1. The lowest BCUT2D eigenvalue weighted by Gasteiger charge is -2.14. The maximum Gasteiger partial charge on any atom is 0.335 e. The molecule has 214 valence electrons. The van der Waals surface area contributed by atoms with E-state index < -0.39 is 22.9 Å². The molecule has 2 aromatic heterocycles. The number of nitrogens with one attached hydrogen (secondary N) is 1. The highest BCUT2D eigenvalue weighted by atomic mass is 19.1. The Hall–Kier alpha value is -5.49. The zero-order valence-electron chi connectivity index (χ0n) is 22.4. The minimum Gasteiger partial charge on any atom is -0.493 e. The summed E-state index contributed by atoms with van der Waals surface area (Å²) >= 11 is 0. The molecule has 0 unspecified atom stereocenters. The van der Waals surface area contributed by atoms with Crippen molar-refractivity contribution in [2.24, 2.45) is 10.7 Å². The molecule has 0 fully saturated rings. The Bertz CT molecular complexity index is 1890. The molecular formula is C30H26FN5O6. The Balaban J connectivity index is 1.41. The van der Waals surface area contributed by atoms with Crippen molar-refractivity contribution >= 4 is 22.8 Å². The average Bonchev–Trinajstić information content (AvgIpc) is 2.98. The van der Waals surface area contributed by atoms with Gasteiger partial charge in [0.05, 0.1) is 30.6 Å². The number of benzene rings is 3. The molecule has 0 bridgehead atoms. The lowest BCUT2D eigenvalue weighted by Crippen LogP contribution is -2.31. The normalized spacial score (nSPS) is 11.2. The van der Waals surface area contributed by atoms with Gasteiger partial charge in [-0.05, 0) is 49.4 Å². The van der Waals surface area contributed by atoms with E-state index in [1.165, 1.54) is 25.4 Å². The predicted molar refractivity (Wildman–Crippen MR) is 156 cm³/mol. The second kappa shape index (κ2) is 12.4. The van der Waals surface area contributed by atoms with E-state index in [0.717, 1.165) is 16.8 Å². The van der Waals surface area contributed by atoms with Gasteiger partial charge in [-0.15, -0.1) is 0 Å². The third-order valence-corrected chi connectivity index (χ3v) is 6.21. The Labute approximate surface area is 238 Å². The SMILES string of the molecule is COc1cc2c(Oc3ccc(N=Cc4c(O)n(-c5ccccc5)c(=O)[nH]c4=O)cc3F)ccnc2cc1OCCCN. The molecular weight excluding hydrogens is 545 g/mol. The van der Waals surface area contributed by atoms with Gasteiger partial charge in [-0.2, -0.15) is 0 Å². The largest absolute Gasteiger partial charge is 0.493 e. The van der Waals surface area contributed by atoms with Gasteiger partial charge in [0.2, 0.25) is 5.88 Å². The number of methoxy groups -OCH3 is 1. The first-order valence-corrected chi connectivity index (χ1v) is 12.8. The molecule has 0 saturated carbocycles. The van der Waals surface area contributed by atoms with E-state index in [0.29, 0.717) is 53.4 Å². The standard InChI is InChI=1S/C30H26FN5O6/c1-40-26-15-20-23(16-27(26)41-13-5-11-32)33-12-10-24(20)42-25-9-8-18(14-22(25)31)34-17-21-28(37)35-30(39)36(29(21)38)19-6-3-2-4-7-19/h2-4,6-10,12,14-17,38H,5,11,13,32H2,1H3,(H,35,37,39). The van der Waals surface area contributed by atoms with E-state index in [1.54, 1.807) is 48.5 Å². The number of rotatable bonds is 10. The van der Waals surface area contributed by atoms with Crippen LogP contribution in [0.5, 0.6) is 28.9 Å². The van der Waals surface area contributed by atoms with Gasteiger partial charge in [0.1, 0.15) is 11.3 Å². The summed E-state index contributed by atoms with van der Waals surface area (Å²) in [6.07, 6.45) is 3.26. The number of fused-ring (bicyclic) bond motifs is 1. The molecule has 5 aromatic rings. The van der Waals surface area contributed by atoms with Crippen molar-refractivity contribution in [3.8, 4) is 34.6 Å². The van der Waals surface area contributed by atoms with Crippen LogP contribution in [-0.2, 0) is 0 Å². The summed E-state index contributed by atoms with van der Waals surface area (Å²) < 4.78 is 33.1. The molecule has 2 heterocycles. The van der Waals surface area contributed by atoms with Crippen LogP contribution >= 0.6 is 0 Å². The van der Waals surface area contributed by atoms with Crippen LogP contribution in [0.4, 0.5) is 10.1 Å². The number of aromatic amines is 1. The van der Waals surface area contributed by atoms with Gasteiger partial charge in [0.25, 0.3) is 5.56 Å². The van der Waals surface area contributed by atoms with Gasteiger partial charge in [-0.1, -0.05) is 18.2 Å². The van der Waals surface area contributed by atoms with Crippen molar-refractivity contribution < 1.29 is 23.7 Å². The van der Waals surface area contributed by atoms with Gasteiger partial charge in [0.15, 0.2) is 23.1 Å². The molecule has 0 atom stereocenters. The predicted octanol–water partition coefficient (Wildman–Crippen LogP) is 4.20. The fourth-order valence-corrected chi connectivity index (χ4v) is 4.14. The Morgan fingerprint density at radius 3 is 2.60 bits per heavy atom. The number of aromatic nitrogens is 3. The molecule has 0 aliphatic heterocycles. The van der Waals surface area contributed by atoms with Crippen LogP contribution in [0, 0.1) is 5.82 Å². The minimum atomic E-state index is -0.846. The highest BCUT2D eigenvalue weighted by Gasteiger charge is 2.16. The summed E-state index contributed by atoms with van der Waals surface area (Å²) in [4.78, 5) is 35.3. The number of para-hydroxylation sites is 1. The van der Waals surface area contributed by atoms with Crippen molar-refractivity contribution in [3.05, 3.63) is 105 Å². The fourth-order valence-electron chi connectivity index (χ4n) is 4.14. The average molecular weight is 572 g/mol. The van der Waals surface area contributed by atoms with Gasteiger partial charge >= 0.3 is 5.69 Å². The van der Waals surface area contributed by atoms with Crippen LogP contribution in [0.2, 0.25) is 0 Å². The summed E-state index contributed by atoms with van der Waals surface area (Å²) in [5.74, 6) is -0.119.